The minimum absolute atomic E-state index is 0.186. The van der Waals surface area contributed by atoms with E-state index in [0.29, 0.717) is 60.3 Å². The normalized spacial score (nSPS) is 11.2. The number of rotatable bonds is 25. The number of fused-ring (bicyclic) bond motifs is 1. The highest BCUT2D eigenvalue weighted by Gasteiger charge is 2.15. The summed E-state index contributed by atoms with van der Waals surface area (Å²) in [5, 5.41) is 9.84. The van der Waals surface area contributed by atoms with Crippen LogP contribution in [0.1, 0.15) is 89.4 Å². The van der Waals surface area contributed by atoms with E-state index in [9.17, 15) is 19.2 Å². The van der Waals surface area contributed by atoms with Gasteiger partial charge in [-0.2, -0.15) is 10.2 Å². The van der Waals surface area contributed by atoms with Crippen LogP contribution in [0.15, 0.2) is 133 Å². The molecule has 0 bridgehead atoms. The van der Waals surface area contributed by atoms with E-state index in [-0.39, 0.29) is 11.5 Å². The third kappa shape index (κ3) is 15.3. The lowest BCUT2D eigenvalue weighted by Gasteiger charge is -2.11. The van der Waals surface area contributed by atoms with Crippen molar-refractivity contribution < 1.29 is 47.6 Å². The molecule has 0 saturated carbocycles. The Bertz CT molecular complexity index is 2320. The monoisotopic (exact) mass is 858 g/mol. The van der Waals surface area contributed by atoms with Gasteiger partial charge in [-0.1, -0.05) is 31.4 Å². The van der Waals surface area contributed by atoms with E-state index >= 15 is 0 Å². The number of benzene rings is 4. The quantitative estimate of drug-likeness (QED) is 0.0139. The number of carbonyl (C=O) groups is 4. The van der Waals surface area contributed by atoms with Gasteiger partial charge in [-0.3, -0.25) is 0 Å². The number of hydrogen-bond donors (Lipinski definition) is 0. The molecule has 0 N–H and O–H groups in total. The SMILES string of the molecule is C=CC(=O)OCCCCCCOc1ccc(C(=O)Oc2ccc(OC(=O)c3ccc(OCCCCCCOC(=O)C=C)cc3)c(/C=N/N=C(\C)c3cc4ccccc4s3)c2)cc1. The zero-order valence-corrected chi connectivity index (χ0v) is 35.6. The molecule has 0 aliphatic carbocycles. The summed E-state index contributed by atoms with van der Waals surface area (Å²) in [6.07, 6.45) is 10.6. The zero-order valence-electron chi connectivity index (χ0n) is 34.8. The molecule has 0 unspecified atom stereocenters. The standard InChI is InChI=1S/C49H50N2O10S/c1-4-46(52)58-30-14-8-6-12-28-56-40-22-18-36(19-23-40)48(54)60-42-26-27-43(39(32-42)34-50-51-35(3)45-33-38-16-10-11-17-44(38)62-45)61-49(55)37-20-24-41(25-21-37)57-29-13-7-9-15-31-59-47(53)5-2/h4-5,10-11,16-27,32-34H,1-2,6-9,12-15,28-31H2,3H3/b50-34+,51-35+. The van der Waals surface area contributed by atoms with Gasteiger partial charge in [0, 0.05) is 22.4 Å². The molecule has 12 nitrogen and oxygen atoms in total. The van der Waals surface area contributed by atoms with Gasteiger partial charge < -0.3 is 28.4 Å². The van der Waals surface area contributed by atoms with Crippen LogP contribution < -0.4 is 18.9 Å². The fraction of sp³-hybridized carbons (Fsp3) is 0.265. The average Bonchev–Trinajstić information content (AvgIpc) is 3.74. The summed E-state index contributed by atoms with van der Waals surface area (Å²) in [5.41, 5.74) is 1.68. The van der Waals surface area contributed by atoms with Gasteiger partial charge in [-0.25, -0.2) is 19.2 Å². The van der Waals surface area contributed by atoms with Crippen LogP contribution in [0.2, 0.25) is 0 Å². The second kappa shape index (κ2) is 25.0. The van der Waals surface area contributed by atoms with Crippen molar-refractivity contribution in [3.8, 4) is 23.0 Å². The summed E-state index contributed by atoms with van der Waals surface area (Å²) in [4.78, 5) is 49.7. The van der Waals surface area contributed by atoms with E-state index in [1.165, 1.54) is 18.3 Å². The van der Waals surface area contributed by atoms with Gasteiger partial charge in [0.05, 0.1) is 54.4 Å². The highest BCUT2D eigenvalue weighted by atomic mass is 32.1. The smallest absolute Gasteiger partial charge is 0.343 e. The van der Waals surface area contributed by atoms with Gasteiger partial charge in [0.25, 0.3) is 0 Å². The van der Waals surface area contributed by atoms with Crippen molar-refractivity contribution in [2.45, 2.75) is 58.3 Å². The average molecular weight is 859 g/mol. The first-order valence-electron chi connectivity index (χ1n) is 20.4. The Kier molecular flexibility index (Phi) is 18.7. The van der Waals surface area contributed by atoms with Crippen LogP contribution in [0.5, 0.6) is 23.0 Å². The molecule has 0 radical (unpaired) electrons. The molecule has 62 heavy (non-hydrogen) atoms. The summed E-state index contributed by atoms with van der Waals surface area (Å²) >= 11 is 1.61. The van der Waals surface area contributed by atoms with Crippen molar-refractivity contribution in [1.82, 2.24) is 0 Å². The Balaban J connectivity index is 1.18. The zero-order chi connectivity index (χ0) is 43.9. The van der Waals surface area contributed by atoms with E-state index in [2.05, 4.69) is 35.5 Å². The molecule has 5 aromatic rings. The predicted molar refractivity (Wildman–Crippen MR) is 241 cm³/mol. The van der Waals surface area contributed by atoms with Crippen LogP contribution in [0.4, 0.5) is 0 Å². The highest BCUT2D eigenvalue weighted by molar-refractivity contribution is 7.20. The van der Waals surface area contributed by atoms with E-state index in [1.807, 2.05) is 25.1 Å². The molecule has 0 fully saturated rings. The van der Waals surface area contributed by atoms with Crippen LogP contribution in [-0.4, -0.2) is 62.2 Å². The summed E-state index contributed by atoms with van der Waals surface area (Å²) in [6.45, 7) is 10.4. The third-order valence-corrected chi connectivity index (χ3v) is 10.4. The second-order valence-corrected chi connectivity index (χ2v) is 15.0. The van der Waals surface area contributed by atoms with Crippen molar-refractivity contribution in [3.05, 3.63) is 144 Å². The van der Waals surface area contributed by atoms with Crippen molar-refractivity contribution in [3.63, 3.8) is 0 Å². The number of hydrogen-bond acceptors (Lipinski definition) is 13. The Labute approximate surface area is 365 Å². The second-order valence-electron chi connectivity index (χ2n) is 13.9. The molecule has 322 valence electrons. The number of unbranched alkanes of at least 4 members (excludes halogenated alkanes) is 6. The molecular weight excluding hydrogens is 809 g/mol. The van der Waals surface area contributed by atoms with Crippen molar-refractivity contribution >= 4 is 57.2 Å². The maximum atomic E-state index is 13.3. The molecule has 0 amide bonds. The molecular formula is C49H50N2O10S. The van der Waals surface area contributed by atoms with Crippen LogP contribution in [-0.2, 0) is 19.1 Å². The summed E-state index contributed by atoms with van der Waals surface area (Å²) in [7, 11) is 0. The Morgan fingerprint density at radius 2 is 1.11 bits per heavy atom. The third-order valence-electron chi connectivity index (χ3n) is 9.20. The fourth-order valence-electron chi connectivity index (χ4n) is 5.83. The number of carbonyl (C=O) groups excluding carboxylic acids is 4. The molecule has 1 heterocycles. The first-order valence-corrected chi connectivity index (χ1v) is 21.2. The van der Waals surface area contributed by atoms with Gasteiger partial charge in [0.2, 0.25) is 0 Å². The lowest BCUT2D eigenvalue weighted by molar-refractivity contribution is -0.138. The summed E-state index contributed by atoms with van der Waals surface area (Å²) in [5.74, 6) is -0.400. The molecule has 0 aliphatic heterocycles. The van der Waals surface area contributed by atoms with E-state index in [4.69, 9.17) is 28.4 Å². The minimum atomic E-state index is -0.605. The molecule has 1 aromatic heterocycles. The van der Waals surface area contributed by atoms with Gasteiger partial charge >= 0.3 is 23.9 Å². The molecule has 4 aromatic carbocycles. The van der Waals surface area contributed by atoms with Gasteiger partial charge in [-0.15, -0.1) is 11.3 Å². The number of ether oxygens (including phenoxy) is 6. The maximum absolute atomic E-state index is 13.3. The van der Waals surface area contributed by atoms with Crippen LogP contribution in [0, 0.1) is 0 Å². The number of esters is 4. The molecule has 0 spiro atoms. The topological polar surface area (TPSA) is 148 Å². The molecule has 0 saturated heterocycles. The predicted octanol–water partition coefficient (Wildman–Crippen LogP) is 10.5. The van der Waals surface area contributed by atoms with Crippen LogP contribution in [0.25, 0.3) is 10.1 Å². The first kappa shape index (κ1) is 46.2. The van der Waals surface area contributed by atoms with Crippen molar-refractivity contribution in [1.29, 1.82) is 0 Å². The molecule has 13 heteroatoms. The van der Waals surface area contributed by atoms with Crippen molar-refractivity contribution in [2.75, 3.05) is 26.4 Å². The number of thiophene rings is 1. The maximum Gasteiger partial charge on any atom is 0.343 e. The Hall–Kier alpha value is -6.86. The molecule has 0 atom stereocenters. The highest BCUT2D eigenvalue weighted by Crippen LogP contribution is 2.28. The Morgan fingerprint density at radius 3 is 1.66 bits per heavy atom. The van der Waals surface area contributed by atoms with Gasteiger partial charge in [0.15, 0.2) is 0 Å². The van der Waals surface area contributed by atoms with E-state index < -0.39 is 23.9 Å². The molecule has 5 rings (SSSR count). The van der Waals surface area contributed by atoms with Crippen LogP contribution >= 0.6 is 11.3 Å². The largest absolute Gasteiger partial charge is 0.494 e. The summed E-state index contributed by atoms with van der Waals surface area (Å²) in [6, 6.07) is 28.1. The number of nitrogens with zero attached hydrogens (tertiary/aromatic N) is 2. The van der Waals surface area contributed by atoms with E-state index in [0.717, 1.165) is 78.5 Å². The van der Waals surface area contributed by atoms with E-state index in [1.54, 1.807) is 65.9 Å². The lowest BCUT2D eigenvalue weighted by atomic mass is 10.2. The van der Waals surface area contributed by atoms with Gasteiger partial charge in [0.1, 0.15) is 23.0 Å². The molecule has 0 aliphatic rings. The minimum Gasteiger partial charge on any atom is -0.494 e. The van der Waals surface area contributed by atoms with Crippen molar-refractivity contribution in [2.24, 2.45) is 10.2 Å². The lowest BCUT2D eigenvalue weighted by Crippen LogP contribution is -2.11. The Morgan fingerprint density at radius 1 is 0.597 bits per heavy atom. The van der Waals surface area contributed by atoms with Gasteiger partial charge in [-0.05, 0) is 143 Å². The fourth-order valence-corrected chi connectivity index (χ4v) is 6.83. The summed E-state index contributed by atoms with van der Waals surface area (Å²) < 4.78 is 34.3. The van der Waals surface area contributed by atoms with Crippen LogP contribution in [0.3, 0.4) is 0 Å². The first-order chi connectivity index (χ1) is 30.2.